The zero-order chi connectivity index (χ0) is 15.1. The first-order chi connectivity index (χ1) is 10.2. The number of nitrogens with zero attached hydrogens (tertiary/aromatic N) is 2. The molecule has 116 valence electrons. The van der Waals surface area contributed by atoms with Crippen molar-refractivity contribution in [1.82, 2.24) is 9.97 Å². The van der Waals surface area contributed by atoms with Crippen molar-refractivity contribution in [1.29, 1.82) is 0 Å². The highest BCUT2D eigenvalue weighted by Crippen LogP contribution is 2.29. The van der Waals surface area contributed by atoms with E-state index < -0.39 is 0 Å². The van der Waals surface area contributed by atoms with Crippen LogP contribution in [0.4, 0.5) is 11.8 Å². The fourth-order valence-electron chi connectivity index (χ4n) is 2.21. The number of aryl methyl sites for hydroxylation is 1. The summed E-state index contributed by atoms with van der Waals surface area (Å²) in [6, 6.07) is 2.14. The van der Waals surface area contributed by atoms with Crippen molar-refractivity contribution in [2.24, 2.45) is 0 Å². The van der Waals surface area contributed by atoms with Crippen molar-refractivity contribution in [2.75, 3.05) is 30.3 Å². The molecule has 0 spiro atoms. The van der Waals surface area contributed by atoms with E-state index in [9.17, 15) is 0 Å². The minimum absolute atomic E-state index is 0.292. The van der Waals surface area contributed by atoms with E-state index in [1.54, 1.807) is 11.3 Å². The smallest absolute Gasteiger partial charge is 0.226 e. The summed E-state index contributed by atoms with van der Waals surface area (Å²) in [5.41, 5.74) is 0. The van der Waals surface area contributed by atoms with Crippen LogP contribution in [0.5, 0.6) is 0 Å². The number of aromatic nitrogens is 2. The SMILES string of the molecule is CCNc1nc(NCCCCCCO)c2cc(C)sc2n1. The molecule has 21 heavy (non-hydrogen) atoms. The maximum atomic E-state index is 8.76. The third-order valence-corrected chi connectivity index (χ3v) is 4.17. The van der Waals surface area contributed by atoms with E-state index in [1.807, 2.05) is 6.92 Å². The molecule has 2 aromatic rings. The first kappa shape index (κ1) is 16.0. The van der Waals surface area contributed by atoms with E-state index in [4.69, 9.17) is 5.11 Å². The molecule has 6 heteroatoms. The first-order valence-corrected chi connectivity index (χ1v) is 8.43. The van der Waals surface area contributed by atoms with Crippen molar-refractivity contribution in [2.45, 2.75) is 39.5 Å². The van der Waals surface area contributed by atoms with Gasteiger partial charge in [-0.2, -0.15) is 4.98 Å². The summed E-state index contributed by atoms with van der Waals surface area (Å²) in [4.78, 5) is 11.4. The lowest BCUT2D eigenvalue weighted by molar-refractivity contribution is 0.283. The van der Waals surface area contributed by atoms with Crippen molar-refractivity contribution in [3.05, 3.63) is 10.9 Å². The van der Waals surface area contributed by atoms with E-state index in [0.29, 0.717) is 12.6 Å². The Balaban J connectivity index is 2.02. The van der Waals surface area contributed by atoms with Crippen LogP contribution in [0.25, 0.3) is 10.2 Å². The van der Waals surface area contributed by atoms with Crippen molar-refractivity contribution < 1.29 is 5.11 Å². The van der Waals surface area contributed by atoms with Gasteiger partial charge in [0.25, 0.3) is 0 Å². The minimum atomic E-state index is 0.292. The second-order valence-corrected chi connectivity index (χ2v) is 6.30. The highest BCUT2D eigenvalue weighted by atomic mass is 32.1. The lowest BCUT2D eigenvalue weighted by atomic mass is 10.2. The van der Waals surface area contributed by atoms with Crippen LogP contribution >= 0.6 is 11.3 Å². The lowest BCUT2D eigenvalue weighted by Crippen LogP contribution is -2.08. The fourth-order valence-corrected chi connectivity index (χ4v) is 3.09. The average Bonchev–Trinajstić information content (AvgIpc) is 2.83. The minimum Gasteiger partial charge on any atom is -0.396 e. The van der Waals surface area contributed by atoms with Crippen LogP contribution < -0.4 is 10.6 Å². The molecule has 0 aliphatic carbocycles. The largest absolute Gasteiger partial charge is 0.396 e. The van der Waals surface area contributed by atoms with Gasteiger partial charge < -0.3 is 15.7 Å². The molecule has 0 aliphatic heterocycles. The third kappa shape index (κ3) is 4.54. The van der Waals surface area contributed by atoms with E-state index in [2.05, 4.69) is 33.6 Å². The predicted molar refractivity (Wildman–Crippen MR) is 90.4 cm³/mol. The molecule has 2 rings (SSSR count). The van der Waals surface area contributed by atoms with Gasteiger partial charge in [0.05, 0.1) is 5.39 Å². The van der Waals surface area contributed by atoms with E-state index in [-0.39, 0.29) is 0 Å². The number of fused-ring (bicyclic) bond motifs is 1. The Bertz CT molecular complexity index is 570. The third-order valence-electron chi connectivity index (χ3n) is 3.23. The molecule has 2 aromatic heterocycles. The molecule has 0 aromatic carbocycles. The summed E-state index contributed by atoms with van der Waals surface area (Å²) in [6.45, 7) is 6.15. The Morgan fingerprint density at radius 2 is 1.95 bits per heavy atom. The fraction of sp³-hybridized carbons (Fsp3) is 0.600. The van der Waals surface area contributed by atoms with Gasteiger partial charge >= 0.3 is 0 Å². The molecule has 3 N–H and O–H groups in total. The summed E-state index contributed by atoms with van der Waals surface area (Å²) in [5.74, 6) is 1.61. The molecule has 0 fully saturated rings. The monoisotopic (exact) mass is 308 g/mol. The summed E-state index contributed by atoms with van der Waals surface area (Å²) in [7, 11) is 0. The van der Waals surface area contributed by atoms with Crippen LogP contribution in [0.2, 0.25) is 0 Å². The van der Waals surface area contributed by atoms with Crippen molar-refractivity contribution in [3.8, 4) is 0 Å². The Morgan fingerprint density at radius 3 is 2.71 bits per heavy atom. The zero-order valence-electron chi connectivity index (χ0n) is 12.8. The number of rotatable bonds is 9. The molecule has 0 saturated heterocycles. The molecule has 0 atom stereocenters. The highest BCUT2D eigenvalue weighted by molar-refractivity contribution is 7.18. The van der Waals surface area contributed by atoms with Crippen LogP contribution in [-0.2, 0) is 0 Å². The van der Waals surface area contributed by atoms with Gasteiger partial charge in [-0.25, -0.2) is 4.98 Å². The quantitative estimate of drug-likeness (QED) is 0.619. The van der Waals surface area contributed by atoms with Crippen LogP contribution in [0.3, 0.4) is 0 Å². The van der Waals surface area contributed by atoms with Crippen molar-refractivity contribution in [3.63, 3.8) is 0 Å². The van der Waals surface area contributed by atoms with Gasteiger partial charge in [-0.3, -0.25) is 0 Å². The topological polar surface area (TPSA) is 70.1 Å². The molecule has 0 saturated carbocycles. The van der Waals surface area contributed by atoms with E-state index in [0.717, 1.165) is 54.8 Å². The number of unbranched alkanes of at least 4 members (excludes halogenated alkanes) is 3. The average molecular weight is 308 g/mol. The highest BCUT2D eigenvalue weighted by Gasteiger charge is 2.09. The van der Waals surface area contributed by atoms with Gasteiger partial charge in [0.1, 0.15) is 10.6 Å². The first-order valence-electron chi connectivity index (χ1n) is 7.61. The van der Waals surface area contributed by atoms with Crippen LogP contribution in [-0.4, -0.2) is 34.8 Å². The second-order valence-electron chi connectivity index (χ2n) is 5.07. The standard InChI is InChI=1S/C15H24N4OS/c1-3-16-15-18-13(17-8-6-4-5-7-9-20)12-10-11(2)21-14(12)19-15/h10,20H,3-9H2,1-2H3,(H2,16,17,18,19). The van der Waals surface area contributed by atoms with E-state index >= 15 is 0 Å². The van der Waals surface area contributed by atoms with Crippen LogP contribution in [0.1, 0.15) is 37.5 Å². The summed E-state index contributed by atoms with van der Waals surface area (Å²) >= 11 is 1.70. The Hall–Kier alpha value is -1.40. The number of aliphatic hydroxyl groups is 1. The number of anilines is 2. The summed E-state index contributed by atoms with van der Waals surface area (Å²) in [5, 5.41) is 16.5. The lowest BCUT2D eigenvalue weighted by Gasteiger charge is -2.09. The number of thiophene rings is 1. The number of nitrogens with one attached hydrogen (secondary N) is 2. The van der Waals surface area contributed by atoms with Gasteiger partial charge in [0.15, 0.2) is 0 Å². The Kier molecular flexibility index (Phi) is 6.20. The summed E-state index contributed by atoms with van der Waals surface area (Å²) < 4.78 is 0. The molecule has 0 aliphatic rings. The van der Waals surface area contributed by atoms with Gasteiger partial charge in [0.2, 0.25) is 5.95 Å². The molecule has 0 bridgehead atoms. The second kappa shape index (κ2) is 8.14. The van der Waals surface area contributed by atoms with Crippen LogP contribution in [0, 0.1) is 6.92 Å². The van der Waals surface area contributed by atoms with Gasteiger partial charge in [-0.15, -0.1) is 11.3 Å². The maximum Gasteiger partial charge on any atom is 0.226 e. The predicted octanol–water partition coefficient (Wildman–Crippen LogP) is 3.40. The normalized spacial score (nSPS) is 11.0. The number of aliphatic hydroxyl groups excluding tert-OH is 1. The number of hydrogen-bond acceptors (Lipinski definition) is 6. The zero-order valence-corrected chi connectivity index (χ0v) is 13.6. The maximum absolute atomic E-state index is 8.76. The molecule has 0 amide bonds. The van der Waals surface area contributed by atoms with Crippen LogP contribution in [0.15, 0.2) is 6.07 Å². The molecule has 5 nitrogen and oxygen atoms in total. The van der Waals surface area contributed by atoms with Gasteiger partial charge in [0, 0.05) is 24.6 Å². The molecular weight excluding hydrogens is 284 g/mol. The van der Waals surface area contributed by atoms with E-state index in [1.165, 1.54) is 4.88 Å². The molecular formula is C15H24N4OS. The van der Waals surface area contributed by atoms with Gasteiger partial charge in [-0.05, 0) is 32.8 Å². The van der Waals surface area contributed by atoms with Gasteiger partial charge in [-0.1, -0.05) is 12.8 Å². The Labute approximate surface area is 129 Å². The molecule has 2 heterocycles. The molecule has 0 unspecified atom stereocenters. The number of hydrogen-bond donors (Lipinski definition) is 3. The Morgan fingerprint density at radius 1 is 1.14 bits per heavy atom. The molecule has 0 radical (unpaired) electrons. The summed E-state index contributed by atoms with van der Waals surface area (Å²) in [6.07, 6.45) is 4.19. The van der Waals surface area contributed by atoms with Crippen molar-refractivity contribution >= 4 is 33.3 Å².